The van der Waals surface area contributed by atoms with Crippen molar-refractivity contribution in [2.75, 3.05) is 6.61 Å². The Hall–Kier alpha value is -0.770. The van der Waals surface area contributed by atoms with Gasteiger partial charge in [-0.2, -0.15) is 0 Å². The van der Waals surface area contributed by atoms with Crippen LogP contribution in [0.4, 0.5) is 0 Å². The number of hydrogen-bond donors (Lipinski definition) is 2. The van der Waals surface area contributed by atoms with E-state index in [0.717, 1.165) is 0 Å². The van der Waals surface area contributed by atoms with Gasteiger partial charge in [0.2, 0.25) is 0 Å². The Bertz CT molecular complexity index is 262. The average Bonchev–Trinajstić information content (AvgIpc) is 2.20. The molecule has 0 aliphatic rings. The Morgan fingerprint density at radius 2 is 1.71 bits per heavy atom. The zero-order valence-electron chi connectivity index (χ0n) is 7.23. The fourth-order valence-electron chi connectivity index (χ4n) is 0.581. The highest BCUT2D eigenvalue weighted by Crippen LogP contribution is 1.96. The van der Waals surface area contributed by atoms with Gasteiger partial charge in [0.05, 0.1) is 12.2 Å². The van der Waals surface area contributed by atoms with E-state index in [2.05, 4.69) is 0 Å². The minimum Gasteiger partial charge on any atom is -0.478 e. The first kappa shape index (κ1) is 13.2. The molecule has 78 valence electrons. The number of halogens is 2. The molecule has 0 unspecified atom stereocenters. The number of aliphatic hydroxyl groups is 1. The first-order chi connectivity index (χ1) is 6.57. The Balaban J connectivity index is 0.000000292. The van der Waals surface area contributed by atoms with Crippen molar-refractivity contribution in [3.8, 4) is 0 Å². The molecule has 0 fully saturated rings. The number of rotatable bonds is 2. The van der Waals surface area contributed by atoms with Gasteiger partial charge in [0.25, 0.3) is 0 Å². The SMILES string of the molecule is O=C(O)c1ccccc1.OCC(Cl)Cl. The van der Waals surface area contributed by atoms with E-state index >= 15 is 0 Å². The van der Waals surface area contributed by atoms with Crippen LogP contribution in [0.15, 0.2) is 30.3 Å². The first-order valence-corrected chi connectivity index (χ1v) is 4.62. The zero-order valence-corrected chi connectivity index (χ0v) is 8.74. The van der Waals surface area contributed by atoms with E-state index < -0.39 is 10.8 Å². The molecule has 1 rings (SSSR count). The van der Waals surface area contributed by atoms with Gasteiger partial charge in [-0.3, -0.25) is 0 Å². The van der Waals surface area contributed by atoms with Gasteiger partial charge >= 0.3 is 5.97 Å². The number of aromatic carboxylic acids is 1. The molecule has 0 saturated carbocycles. The standard InChI is InChI=1S/C7H6O2.C2H4Cl2O/c8-7(9)6-4-2-1-3-5-6;3-2(4)1-5/h1-5H,(H,8,9);2,5H,1H2. The second kappa shape index (κ2) is 7.62. The van der Waals surface area contributed by atoms with E-state index in [9.17, 15) is 4.79 Å². The predicted molar refractivity (Wildman–Crippen MR) is 56.0 cm³/mol. The summed E-state index contributed by atoms with van der Waals surface area (Å²) in [5.74, 6) is -0.879. The van der Waals surface area contributed by atoms with Crippen LogP contribution in [0.2, 0.25) is 0 Å². The van der Waals surface area contributed by atoms with Crippen molar-refractivity contribution >= 4 is 29.2 Å². The first-order valence-electron chi connectivity index (χ1n) is 3.75. The van der Waals surface area contributed by atoms with Crippen LogP contribution in [-0.2, 0) is 0 Å². The normalized spacial score (nSPS) is 9.14. The lowest BCUT2D eigenvalue weighted by Gasteiger charge is -1.88. The summed E-state index contributed by atoms with van der Waals surface area (Å²) in [5, 5.41) is 16.3. The third-order valence-corrected chi connectivity index (χ3v) is 1.43. The van der Waals surface area contributed by atoms with E-state index in [1.54, 1.807) is 30.3 Å². The Morgan fingerprint density at radius 1 is 1.29 bits per heavy atom. The molecule has 2 N–H and O–H groups in total. The molecule has 5 heteroatoms. The molecule has 1 aromatic rings. The van der Waals surface area contributed by atoms with E-state index in [1.165, 1.54) is 0 Å². The lowest BCUT2D eigenvalue weighted by Crippen LogP contribution is -1.93. The van der Waals surface area contributed by atoms with Gasteiger partial charge in [0.1, 0.15) is 4.84 Å². The van der Waals surface area contributed by atoms with Gasteiger partial charge in [0.15, 0.2) is 0 Å². The van der Waals surface area contributed by atoms with Crippen molar-refractivity contribution in [2.24, 2.45) is 0 Å². The van der Waals surface area contributed by atoms with Crippen LogP contribution < -0.4 is 0 Å². The lowest BCUT2D eigenvalue weighted by molar-refractivity contribution is 0.0697. The maximum Gasteiger partial charge on any atom is 0.335 e. The molecule has 0 aromatic heterocycles. The molecule has 0 saturated heterocycles. The number of carboxylic acids is 1. The number of aliphatic hydroxyl groups excluding tert-OH is 1. The highest BCUT2D eigenvalue weighted by atomic mass is 35.5. The number of carboxylic acid groups (broad SMARTS) is 1. The fraction of sp³-hybridized carbons (Fsp3) is 0.222. The summed E-state index contributed by atoms with van der Waals surface area (Å²) in [6.45, 7) is -0.164. The third kappa shape index (κ3) is 6.71. The van der Waals surface area contributed by atoms with Gasteiger partial charge in [-0.1, -0.05) is 18.2 Å². The van der Waals surface area contributed by atoms with Crippen molar-refractivity contribution in [3.63, 3.8) is 0 Å². The van der Waals surface area contributed by atoms with E-state index in [1.807, 2.05) is 0 Å². The molecule has 14 heavy (non-hydrogen) atoms. The van der Waals surface area contributed by atoms with E-state index in [4.69, 9.17) is 33.4 Å². The van der Waals surface area contributed by atoms with E-state index in [0.29, 0.717) is 5.56 Å². The van der Waals surface area contributed by atoms with Crippen molar-refractivity contribution in [1.29, 1.82) is 0 Å². The van der Waals surface area contributed by atoms with Crippen LogP contribution in [0.3, 0.4) is 0 Å². The molecular formula is C9H10Cl2O3. The fourth-order valence-corrected chi connectivity index (χ4v) is 0.581. The molecule has 3 nitrogen and oxygen atoms in total. The van der Waals surface area contributed by atoms with Crippen LogP contribution >= 0.6 is 23.2 Å². The molecule has 0 spiro atoms. The summed E-state index contributed by atoms with van der Waals surface area (Å²) in [7, 11) is 0. The molecule has 0 atom stereocenters. The summed E-state index contributed by atoms with van der Waals surface area (Å²) >= 11 is 9.96. The molecule has 0 radical (unpaired) electrons. The minimum atomic E-state index is -0.879. The second-order valence-corrected chi connectivity index (χ2v) is 3.52. The third-order valence-electron chi connectivity index (χ3n) is 1.16. The van der Waals surface area contributed by atoms with Gasteiger partial charge in [-0.05, 0) is 12.1 Å². The quantitative estimate of drug-likeness (QED) is 0.775. The highest BCUT2D eigenvalue weighted by molar-refractivity contribution is 6.44. The monoisotopic (exact) mass is 236 g/mol. The molecule has 0 amide bonds. The lowest BCUT2D eigenvalue weighted by atomic mass is 10.2. The topological polar surface area (TPSA) is 57.5 Å². The molecule has 0 bridgehead atoms. The van der Waals surface area contributed by atoms with Gasteiger partial charge in [-0.25, -0.2) is 4.79 Å². The summed E-state index contributed by atoms with van der Waals surface area (Å²) < 4.78 is 0. The largest absolute Gasteiger partial charge is 0.478 e. The summed E-state index contributed by atoms with van der Waals surface area (Å²) in [4.78, 5) is 9.59. The highest BCUT2D eigenvalue weighted by Gasteiger charge is 1.96. The summed E-state index contributed by atoms with van der Waals surface area (Å²) in [6.07, 6.45) is 0. The molecule has 0 aliphatic heterocycles. The predicted octanol–water partition coefficient (Wildman–Crippen LogP) is 2.17. The number of hydrogen-bond acceptors (Lipinski definition) is 2. The van der Waals surface area contributed by atoms with Crippen molar-refractivity contribution < 1.29 is 15.0 Å². The van der Waals surface area contributed by atoms with Gasteiger partial charge in [0, 0.05) is 0 Å². The summed E-state index contributed by atoms with van der Waals surface area (Å²) in [6, 6.07) is 8.30. The maximum atomic E-state index is 10.2. The van der Waals surface area contributed by atoms with Gasteiger partial charge in [-0.15, -0.1) is 23.2 Å². The summed E-state index contributed by atoms with van der Waals surface area (Å²) in [5.41, 5.74) is 0.331. The van der Waals surface area contributed by atoms with Crippen LogP contribution in [0.5, 0.6) is 0 Å². The Morgan fingerprint density at radius 3 is 1.93 bits per heavy atom. The smallest absolute Gasteiger partial charge is 0.335 e. The molecule has 0 heterocycles. The molecular weight excluding hydrogens is 227 g/mol. The number of alkyl halides is 2. The second-order valence-electron chi connectivity index (χ2n) is 2.24. The van der Waals surface area contributed by atoms with Gasteiger partial charge < -0.3 is 10.2 Å². The van der Waals surface area contributed by atoms with Crippen molar-refractivity contribution in [2.45, 2.75) is 4.84 Å². The van der Waals surface area contributed by atoms with Crippen LogP contribution in [0, 0.1) is 0 Å². The van der Waals surface area contributed by atoms with Crippen LogP contribution in [0.25, 0.3) is 0 Å². The number of carbonyl (C=O) groups is 1. The molecule has 0 aliphatic carbocycles. The maximum absolute atomic E-state index is 10.2. The van der Waals surface area contributed by atoms with E-state index in [-0.39, 0.29) is 6.61 Å². The Labute approximate surface area is 91.9 Å². The number of benzene rings is 1. The van der Waals surface area contributed by atoms with Crippen molar-refractivity contribution in [3.05, 3.63) is 35.9 Å². The Kier molecular flexibility index (Phi) is 7.20. The van der Waals surface area contributed by atoms with Crippen LogP contribution in [0.1, 0.15) is 10.4 Å². The minimum absolute atomic E-state index is 0.164. The van der Waals surface area contributed by atoms with Crippen LogP contribution in [-0.4, -0.2) is 27.6 Å². The average molecular weight is 237 g/mol. The van der Waals surface area contributed by atoms with Crippen molar-refractivity contribution in [1.82, 2.24) is 0 Å². The molecule has 1 aromatic carbocycles. The zero-order chi connectivity index (χ0) is 11.0.